The predicted molar refractivity (Wildman–Crippen MR) is 111 cm³/mol. The summed E-state index contributed by atoms with van der Waals surface area (Å²) < 4.78 is 33.0. The van der Waals surface area contributed by atoms with E-state index in [-0.39, 0.29) is 24.9 Å². The fourth-order valence-electron chi connectivity index (χ4n) is 2.39. The molecule has 146 valence electrons. The van der Waals surface area contributed by atoms with Gasteiger partial charge in [-0.15, -0.1) is 11.3 Å². The van der Waals surface area contributed by atoms with Crippen LogP contribution in [0.15, 0.2) is 53.5 Å². The maximum absolute atomic E-state index is 12.5. The van der Waals surface area contributed by atoms with Crippen molar-refractivity contribution in [2.75, 3.05) is 17.9 Å². The van der Waals surface area contributed by atoms with Gasteiger partial charge in [0.15, 0.2) is 5.82 Å². The third kappa shape index (κ3) is 5.16. The Hall–Kier alpha value is -2.75. The number of ether oxygens (including phenoxy) is 1. The molecule has 0 aliphatic carbocycles. The summed E-state index contributed by atoms with van der Waals surface area (Å²) in [5.74, 6) is 0.287. The Kier molecular flexibility index (Phi) is 6.40. The number of thiophene rings is 1. The monoisotopic (exact) mass is 417 g/mol. The number of aliphatic hydroxyl groups excluding tert-OH is 1. The lowest BCUT2D eigenvalue weighted by molar-refractivity contribution is 0.197. The van der Waals surface area contributed by atoms with Gasteiger partial charge in [-0.25, -0.2) is 18.4 Å². The molecule has 0 bridgehead atoms. The number of hydrogen-bond donors (Lipinski definition) is 2. The molecule has 2 N–H and O–H groups in total. The zero-order valence-electron chi connectivity index (χ0n) is 15.1. The number of benzene rings is 1. The quantitative estimate of drug-likeness (QED) is 0.583. The van der Waals surface area contributed by atoms with Crippen LogP contribution in [-0.2, 0) is 10.0 Å². The van der Waals surface area contributed by atoms with Crippen molar-refractivity contribution in [2.24, 2.45) is 0 Å². The third-order valence-electron chi connectivity index (χ3n) is 3.68. The van der Waals surface area contributed by atoms with E-state index in [9.17, 15) is 8.42 Å². The Morgan fingerprint density at radius 1 is 1.21 bits per heavy atom. The number of nitrogens with zero attached hydrogens (tertiary/aromatic N) is 2. The van der Waals surface area contributed by atoms with E-state index in [1.165, 1.54) is 23.7 Å². The Morgan fingerprint density at radius 3 is 2.68 bits per heavy atom. The predicted octanol–water partition coefficient (Wildman–Crippen LogP) is 3.30. The Bertz CT molecular complexity index is 1050. The van der Waals surface area contributed by atoms with Gasteiger partial charge >= 0.3 is 0 Å². The minimum Gasteiger partial charge on any atom is -0.475 e. The van der Waals surface area contributed by atoms with Crippen molar-refractivity contribution in [1.82, 2.24) is 9.97 Å². The number of aliphatic hydroxyl groups is 1. The van der Waals surface area contributed by atoms with Gasteiger partial charge in [-0.1, -0.05) is 35.9 Å². The molecule has 9 heteroatoms. The Morgan fingerprint density at radius 2 is 2.00 bits per heavy atom. The lowest BCUT2D eigenvalue weighted by Gasteiger charge is -2.14. The molecule has 0 saturated carbocycles. The minimum absolute atomic E-state index is 0.0281. The van der Waals surface area contributed by atoms with Crippen molar-refractivity contribution >= 4 is 33.3 Å². The molecule has 3 rings (SSSR count). The second kappa shape index (κ2) is 8.96. The van der Waals surface area contributed by atoms with Gasteiger partial charge in [-0.3, -0.25) is 4.72 Å². The number of rotatable bonds is 8. The number of hydrogen-bond acceptors (Lipinski definition) is 7. The molecule has 2 aromatic heterocycles. The average Bonchev–Trinajstić information content (AvgIpc) is 3.19. The minimum atomic E-state index is -3.81. The normalized spacial score (nSPS) is 11.6. The van der Waals surface area contributed by atoms with Crippen molar-refractivity contribution in [3.8, 4) is 17.0 Å². The van der Waals surface area contributed by atoms with Crippen LogP contribution < -0.4 is 9.46 Å². The zero-order valence-corrected chi connectivity index (χ0v) is 16.7. The van der Waals surface area contributed by atoms with Crippen LogP contribution in [0.5, 0.6) is 5.88 Å². The summed E-state index contributed by atoms with van der Waals surface area (Å²) in [4.78, 5) is 9.02. The first-order chi connectivity index (χ1) is 13.5. The Labute approximate surface area is 167 Å². The van der Waals surface area contributed by atoms with Crippen LogP contribution in [0.25, 0.3) is 17.2 Å². The molecule has 0 radical (unpaired) electrons. The summed E-state index contributed by atoms with van der Waals surface area (Å²) in [6, 6.07) is 11.1. The van der Waals surface area contributed by atoms with Crippen molar-refractivity contribution in [3.63, 3.8) is 0 Å². The first-order valence-corrected chi connectivity index (χ1v) is 10.8. The molecule has 0 atom stereocenters. The number of aryl methyl sites for hydroxylation is 1. The van der Waals surface area contributed by atoms with Crippen molar-refractivity contribution in [3.05, 3.63) is 64.0 Å². The van der Waals surface area contributed by atoms with Crippen LogP contribution in [0.2, 0.25) is 0 Å². The summed E-state index contributed by atoms with van der Waals surface area (Å²) >= 11 is 1.43. The van der Waals surface area contributed by atoms with Crippen LogP contribution in [0, 0.1) is 6.92 Å². The summed E-state index contributed by atoms with van der Waals surface area (Å²) in [7, 11) is -3.81. The molecule has 0 spiro atoms. The number of anilines is 1. The van der Waals surface area contributed by atoms with Gasteiger partial charge in [0.25, 0.3) is 10.0 Å². The van der Waals surface area contributed by atoms with E-state index in [0.717, 1.165) is 15.8 Å². The van der Waals surface area contributed by atoms with E-state index in [1.54, 1.807) is 0 Å². The fourth-order valence-corrected chi connectivity index (χ4v) is 3.91. The fraction of sp³-hybridized carbons (Fsp3) is 0.158. The van der Waals surface area contributed by atoms with Gasteiger partial charge in [0.2, 0.25) is 5.88 Å². The van der Waals surface area contributed by atoms with Gasteiger partial charge in [-0.05, 0) is 30.0 Å². The zero-order chi connectivity index (χ0) is 20.0. The first-order valence-electron chi connectivity index (χ1n) is 8.38. The maximum Gasteiger partial charge on any atom is 0.256 e. The van der Waals surface area contributed by atoms with Gasteiger partial charge < -0.3 is 9.84 Å². The second-order valence-corrected chi connectivity index (χ2v) is 8.35. The van der Waals surface area contributed by atoms with Gasteiger partial charge in [-0.2, -0.15) is 0 Å². The highest BCUT2D eigenvalue weighted by Gasteiger charge is 2.18. The highest BCUT2D eigenvalue weighted by molar-refractivity contribution is 7.95. The highest BCUT2D eigenvalue weighted by atomic mass is 32.2. The molecule has 0 aliphatic rings. The largest absolute Gasteiger partial charge is 0.475 e. The molecular formula is C19H19N3O4S2. The van der Waals surface area contributed by atoms with E-state index in [4.69, 9.17) is 9.84 Å². The van der Waals surface area contributed by atoms with Gasteiger partial charge in [0.05, 0.1) is 17.6 Å². The summed E-state index contributed by atoms with van der Waals surface area (Å²) in [6.45, 7) is 1.79. The number of nitrogens with one attached hydrogen (secondary N) is 1. The molecule has 28 heavy (non-hydrogen) atoms. The molecule has 0 fully saturated rings. The van der Waals surface area contributed by atoms with Crippen molar-refractivity contribution in [2.45, 2.75) is 6.92 Å². The topological polar surface area (TPSA) is 101 Å². The van der Waals surface area contributed by atoms with Crippen LogP contribution in [0.4, 0.5) is 5.82 Å². The summed E-state index contributed by atoms with van der Waals surface area (Å²) in [5.41, 5.74) is 2.16. The van der Waals surface area contributed by atoms with E-state index >= 15 is 0 Å². The van der Waals surface area contributed by atoms with E-state index < -0.39 is 10.0 Å². The lowest BCUT2D eigenvalue weighted by atomic mass is 10.1. The van der Waals surface area contributed by atoms with E-state index in [1.807, 2.05) is 48.7 Å². The molecule has 3 aromatic rings. The molecule has 1 aromatic carbocycles. The summed E-state index contributed by atoms with van der Waals surface area (Å²) in [5, 5.41) is 12.0. The van der Waals surface area contributed by atoms with E-state index in [2.05, 4.69) is 14.7 Å². The molecule has 0 amide bonds. The van der Waals surface area contributed by atoms with Crippen LogP contribution >= 0.6 is 11.3 Å². The molecular weight excluding hydrogens is 398 g/mol. The van der Waals surface area contributed by atoms with Crippen LogP contribution in [0.1, 0.15) is 10.4 Å². The third-order valence-corrected chi connectivity index (χ3v) is 5.49. The number of sulfonamides is 1. The average molecular weight is 418 g/mol. The van der Waals surface area contributed by atoms with Crippen LogP contribution in [-0.4, -0.2) is 36.7 Å². The second-order valence-electron chi connectivity index (χ2n) is 5.81. The molecule has 0 aliphatic heterocycles. The van der Waals surface area contributed by atoms with Crippen LogP contribution in [0.3, 0.4) is 0 Å². The highest BCUT2D eigenvalue weighted by Crippen LogP contribution is 2.34. The Balaban J connectivity index is 1.98. The molecule has 7 nitrogen and oxygen atoms in total. The lowest BCUT2D eigenvalue weighted by Crippen LogP contribution is -2.13. The van der Waals surface area contributed by atoms with E-state index in [0.29, 0.717) is 11.1 Å². The number of aromatic nitrogens is 2. The smallest absolute Gasteiger partial charge is 0.256 e. The standard InChI is InChI=1S/C19H19N3O4S2/c1-14-4-6-15(7-5-14)17-18(20-13-21-19(17)26-10-9-23)22-28(24,25)12-8-16-3-2-11-27-16/h2-8,11-13,23H,9-10H2,1H3,(H,20,21,22). The molecule has 2 heterocycles. The van der Waals surface area contributed by atoms with Crippen molar-refractivity contribution in [1.29, 1.82) is 0 Å². The SMILES string of the molecule is Cc1ccc(-c2c(NS(=O)(=O)C=Cc3cccs3)ncnc2OCCO)cc1. The van der Waals surface area contributed by atoms with Gasteiger partial charge in [0.1, 0.15) is 12.9 Å². The van der Waals surface area contributed by atoms with Crippen molar-refractivity contribution < 1.29 is 18.3 Å². The molecule has 0 saturated heterocycles. The summed E-state index contributed by atoms with van der Waals surface area (Å²) in [6.07, 6.45) is 2.73. The maximum atomic E-state index is 12.5. The van der Waals surface area contributed by atoms with Gasteiger partial charge in [0, 0.05) is 4.88 Å². The first kappa shape index (κ1) is 20.0. The molecule has 0 unspecified atom stereocenters.